The van der Waals surface area contributed by atoms with E-state index in [1.807, 2.05) is 36.4 Å². The average molecular weight is 558 g/mol. The first-order chi connectivity index (χ1) is 18.4. The minimum absolute atomic E-state index is 0.142. The van der Waals surface area contributed by atoms with Crippen LogP contribution < -0.4 is 10.1 Å². The third-order valence-electron chi connectivity index (χ3n) is 7.10. The van der Waals surface area contributed by atoms with Crippen LogP contribution >= 0.6 is 23.2 Å². The summed E-state index contributed by atoms with van der Waals surface area (Å²) in [6, 6.07) is 22.1. The second-order valence-electron chi connectivity index (χ2n) is 9.95. The highest BCUT2D eigenvalue weighted by Crippen LogP contribution is 2.31. The van der Waals surface area contributed by atoms with Gasteiger partial charge in [0.15, 0.2) is 0 Å². The SMILES string of the molecule is CC(Cl)C(=O)Nc1cccc(C2CCN(CCCCC(Oc3ccc(Cl)cc3)c3ccc(F)cc3)CC2)c1. The van der Waals surface area contributed by atoms with E-state index >= 15 is 0 Å². The zero-order chi connectivity index (χ0) is 26.9. The van der Waals surface area contributed by atoms with E-state index in [0.29, 0.717) is 10.9 Å². The van der Waals surface area contributed by atoms with E-state index in [2.05, 4.69) is 22.3 Å². The van der Waals surface area contributed by atoms with Crippen LogP contribution in [-0.2, 0) is 4.79 Å². The summed E-state index contributed by atoms with van der Waals surface area (Å²) in [4.78, 5) is 14.5. The van der Waals surface area contributed by atoms with Gasteiger partial charge >= 0.3 is 0 Å². The fourth-order valence-electron chi connectivity index (χ4n) is 4.92. The molecule has 1 saturated heterocycles. The van der Waals surface area contributed by atoms with Crippen molar-refractivity contribution < 1.29 is 13.9 Å². The molecule has 1 aliphatic rings. The zero-order valence-electron chi connectivity index (χ0n) is 21.7. The number of carbonyl (C=O) groups is 1. The summed E-state index contributed by atoms with van der Waals surface area (Å²) >= 11 is 11.9. The Morgan fingerprint density at radius 1 is 1.05 bits per heavy atom. The second-order valence-corrected chi connectivity index (χ2v) is 11.0. The van der Waals surface area contributed by atoms with Gasteiger partial charge < -0.3 is 15.0 Å². The molecule has 202 valence electrons. The van der Waals surface area contributed by atoms with E-state index in [9.17, 15) is 9.18 Å². The van der Waals surface area contributed by atoms with E-state index in [4.69, 9.17) is 27.9 Å². The predicted molar refractivity (Wildman–Crippen MR) is 154 cm³/mol. The van der Waals surface area contributed by atoms with Gasteiger partial charge in [-0.05, 0) is 124 Å². The van der Waals surface area contributed by atoms with Gasteiger partial charge in [0.2, 0.25) is 5.91 Å². The van der Waals surface area contributed by atoms with Crippen molar-refractivity contribution in [3.63, 3.8) is 0 Å². The van der Waals surface area contributed by atoms with Crippen molar-refractivity contribution in [1.29, 1.82) is 0 Å². The van der Waals surface area contributed by atoms with E-state index in [0.717, 1.165) is 68.7 Å². The quantitative estimate of drug-likeness (QED) is 0.191. The van der Waals surface area contributed by atoms with Crippen molar-refractivity contribution in [1.82, 2.24) is 4.90 Å². The Balaban J connectivity index is 1.24. The van der Waals surface area contributed by atoms with Gasteiger partial charge in [0.25, 0.3) is 0 Å². The van der Waals surface area contributed by atoms with Crippen LogP contribution in [0.15, 0.2) is 72.8 Å². The summed E-state index contributed by atoms with van der Waals surface area (Å²) < 4.78 is 19.8. The van der Waals surface area contributed by atoms with Crippen LogP contribution in [0.4, 0.5) is 10.1 Å². The summed E-state index contributed by atoms with van der Waals surface area (Å²) in [5.74, 6) is 0.821. The molecule has 3 aromatic carbocycles. The van der Waals surface area contributed by atoms with Crippen LogP contribution in [0.3, 0.4) is 0 Å². The van der Waals surface area contributed by atoms with Gasteiger partial charge in [-0.2, -0.15) is 0 Å². The number of hydrogen-bond donors (Lipinski definition) is 1. The number of halogens is 3. The molecule has 0 aliphatic carbocycles. The molecule has 7 heteroatoms. The van der Waals surface area contributed by atoms with Crippen molar-refractivity contribution in [2.75, 3.05) is 25.0 Å². The Morgan fingerprint density at radius 3 is 2.45 bits per heavy atom. The highest BCUT2D eigenvalue weighted by molar-refractivity contribution is 6.32. The second kappa shape index (κ2) is 14.0. The van der Waals surface area contributed by atoms with Crippen molar-refractivity contribution in [3.8, 4) is 5.75 Å². The number of piperidine rings is 1. The maximum Gasteiger partial charge on any atom is 0.242 e. The molecule has 4 rings (SSSR count). The molecule has 4 nitrogen and oxygen atoms in total. The number of anilines is 1. The lowest BCUT2D eigenvalue weighted by Crippen LogP contribution is -2.33. The standard InChI is InChI=1S/C31H35Cl2FN2O2/c1-22(32)31(37)35-28-6-4-5-25(21-28)23-16-19-36(20-17-23)18-3-2-7-30(24-8-12-27(34)13-9-24)38-29-14-10-26(33)11-15-29/h4-6,8-15,21-23,30H,2-3,7,16-20H2,1H3,(H,35,37). The van der Waals surface area contributed by atoms with Crippen LogP contribution in [0.5, 0.6) is 5.75 Å². The van der Waals surface area contributed by atoms with Crippen molar-refractivity contribution in [3.05, 3.63) is 94.8 Å². The number of nitrogens with zero attached hydrogens (tertiary/aromatic N) is 1. The number of unbranched alkanes of at least 4 members (excludes halogenated alkanes) is 1. The van der Waals surface area contributed by atoms with E-state index in [1.54, 1.807) is 19.1 Å². The van der Waals surface area contributed by atoms with Gasteiger partial charge in [0.1, 0.15) is 23.0 Å². The molecule has 1 amide bonds. The Morgan fingerprint density at radius 2 is 1.76 bits per heavy atom. The third kappa shape index (κ3) is 8.45. The van der Waals surface area contributed by atoms with Crippen LogP contribution in [0, 0.1) is 5.82 Å². The normalized spacial score (nSPS) is 16.1. The molecule has 0 spiro atoms. The monoisotopic (exact) mass is 556 g/mol. The number of carbonyl (C=O) groups excluding carboxylic acids is 1. The first kappa shape index (κ1) is 28.4. The highest BCUT2D eigenvalue weighted by atomic mass is 35.5. The smallest absolute Gasteiger partial charge is 0.242 e. The minimum atomic E-state index is -0.558. The molecule has 0 radical (unpaired) electrons. The molecule has 38 heavy (non-hydrogen) atoms. The molecule has 2 unspecified atom stereocenters. The molecule has 1 N–H and O–H groups in total. The van der Waals surface area contributed by atoms with Crippen molar-refractivity contribution in [2.24, 2.45) is 0 Å². The molecule has 1 aliphatic heterocycles. The molecule has 0 aromatic heterocycles. The first-order valence-electron chi connectivity index (χ1n) is 13.3. The summed E-state index contributed by atoms with van der Waals surface area (Å²) in [6.45, 7) is 4.84. The molecule has 0 saturated carbocycles. The Hall–Kier alpha value is -2.60. The van der Waals surface area contributed by atoms with E-state index < -0.39 is 5.38 Å². The van der Waals surface area contributed by atoms with Gasteiger partial charge in [-0.1, -0.05) is 35.9 Å². The molecule has 2 atom stereocenters. The van der Waals surface area contributed by atoms with Crippen molar-refractivity contribution in [2.45, 2.75) is 56.4 Å². The third-order valence-corrected chi connectivity index (χ3v) is 7.55. The number of nitrogens with one attached hydrogen (secondary N) is 1. The molecule has 1 heterocycles. The minimum Gasteiger partial charge on any atom is -0.486 e. The molecular formula is C31H35Cl2FN2O2. The number of likely N-dealkylation sites (tertiary alicyclic amines) is 1. The lowest BCUT2D eigenvalue weighted by molar-refractivity contribution is -0.115. The highest BCUT2D eigenvalue weighted by Gasteiger charge is 2.21. The average Bonchev–Trinajstić information content (AvgIpc) is 2.92. The number of ether oxygens (including phenoxy) is 1. The lowest BCUT2D eigenvalue weighted by Gasteiger charge is -2.32. The van der Waals surface area contributed by atoms with Gasteiger partial charge in [-0.3, -0.25) is 4.79 Å². The number of rotatable bonds is 11. The fourth-order valence-corrected chi connectivity index (χ4v) is 5.10. The largest absolute Gasteiger partial charge is 0.486 e. The van der Waals surface area contributed by atoms with E-state index in [-0.39, 0.29) is 17.8 Å². The Bertz CT molecular complexity index is 1160. The summed E-state index contributed by atoms with van der Waals surface area (Å²) in [6.07, 6.45) is 4.99. The predicted octanol–water partition coefficient (Wildman–Crippen LogP) is 8.21. The van der Waals surface area contributed by atoms with Crippen molar-refractivity contribution >= 4 is 34.8 Å². The summed E-state index contributed by atoms with van der Waals surface area (Å²) in [5, 5.41) is 3.00. The number of hydrogen-bond acceptors (Lipinski definition) is 3. The van der Waals surface area contributed by atoms with Crippen LogP contribution in [-0.4, -0.2) is 35.8 Å². The van der Waals surface area contributed by atoms with Gasteiger partial charge in [0.05, 0.1) is 0 Å². The number of benzene rings is 3. The van der Waals surface area contributed by atoms with Crippen LogP contribution in [0.2, 0.25) is 5.02 Å². The maximum absolute atomic E-state index is 13.5. The van der Waals surface area contributed by atoms with Crippen LogP contribution in [0.1, 0.15) is 62.2 Å². The van der Waals surface area contributed by atoms with Gasteiger partial charge in [-0.15, -0.1) is 11.6 Å². The van der Waals surface area contributed by atoms with Gasteiger partial charge in [0, 0.05) is 10.7 Å². The molecular weight excluding hydrogens is 522 g/mol. The van der Waals surface area contributed by atoms with Crippen LogP contribution in [0.25, 0.3) is 0 Å². The lowest BCUT2D eigenvalue weighted by atomic mass is 9.89. The zero-order valence-corrected chi connectivity index (χ0v) is 23.2. The molecule has 3 aromatic rings. The van der Waals surface area contributed by atoms with E-state index in [1.165, 1.54) is 17.7 Å². The fraction of sp³-hybridized carbons (Fsp3) is 0.387. The Kier molecular flexibility index (Phi) is 10.4. The first-order valence-corrected chi connectivity index (χ1v) is 14.1. The van der Waals surface area contributed by atoms with Gasteiger partial charge in [-0.25, -0.2) is 4.39 Å². The molecule has 1 fully saturated rings. The maximum atomic E-state index is 13.5. The Labute approximate surface area is 235 Å². The molecule has 0 bridgehead atoms. The topological polar surface area (TPSA) is 41.6 Å². The summed E-state index contributed by atoms with van der Waals surface area (Å²) in [7, 11) is 0. The summed E-state index contributed by atoms with van der Waals surface area (Å²) in [5.41, 5.74) is 3.05. The number of amides is 1. The number of alkyl halides is 1.